The third-order valence-electron chi connectivity index (χ3n) is 3.93. The Kier molecular flexibility index (Phi) is 4.32. The van der Waals surface area contributed by atoms with Crippen molar-refractivity contribution in [3.05, 3.63) is 35.7 Å². The Bertz CT molecular complexity index is 695. The van der Waals surface area contributed by atoms with Gasteiger partial charge in [-0.15, -0.1) is 0 Å². The molecule has 6 nitrogen and oxygen atoms in total. The molecule has 2 heterocycles. The van der Waals surface area contributed by atoms with E-state index in [9.17, 15) is 4.79 Å². The van der Waals surface area contributed by atoms with Crippen molar-refractivity contribution in [1.29, 1.82) is 0 Å². The number of likely N-dealkylation sites (tertiary alicyclic amines) is 1. The first-order valence-corrected chi connectivity index (χ1v) is 8.02. The molecule has 6 heteroatoms. The van der Waals surface area contributed by atoms with Crippen molar-refractivity contribution in [2.75, 3.05) is 6.54 Å². The van der Waals surface area contributed by atoms with Crippen LogP contribution >= 0.6 is 0 Å². The predicted octanol–water partition coefficient (Wildman–Crippen LogP) is 3.30. The molecule has 122 valence electrons. The molecule has 1 saturated heterocycles. The van der Waals surface area contributed by atoms with Crippen molar-refractivity contribution in [3.63, 3.8) is 0 Å². The number of aromatic nitrogens is 2. The van der Waals surface area contributed by atoms with Gasteiger partial charge in [0.05, 0.1) is 0 Å². The first-order valence-electron chi connectivity index (χ1n) is 8.02. The lowest BCUT2D eigenvalue weighted by Gasteiger charge is -2.23. The van der Waals surface area contributed by atoms with Crippen molar-refractivity contribution in [1.82, 2.24) is 20.4 Å². The van der Waals surface area contributed by atoms with E-state index in [1.165, 1.54) is 0 Å². The lowest BCUT2D eigenvalue weighted by molar-refractivity contribution is 0.178. The zero-order chi connectivity index (χ0) is 16.4. The zero-order valence-electron chi connectivity index (χ0n) is 13.7. The molecular weight excluding hydrogens is 292 g/mol. The Balaban J connectivity index is 1.80. The van der Waals surface area contributed by atoms with Gasteiger partial charge in [-0.25, -0.2) is 4.79 Å². The fourth-order valence-electron chi connectivity index (χ4n) is 2.87. The summed E-state index contributed by atoms with van der Waals surface area (Å²) in [5.74, 6) is 1.08. The van der Waals surface area contributed by atoms with E-state index < -0.39 is 0 Å². The lowest BCUT2D eigenvalue weighted by Crippen LogP contribution is -2.42. The molecule has 1 aromatic heterocycles. The van der Waals surface area contributed by atoms with E-state index in [0.29, 0.717) is 18.3 Å². The second kappa shape index (κ2) is 6.40. The van der Waals surface area contributed by atoms with Crippen LogP contribution in [0.25, 0.3) is 11.4 Å². The fourth-order valence-corrected chi connectivity index (χ4v) is 2.87. The number of urea groups is 1. The van der Waals surface area contributed by atoms with E-state index in [0.717, 1.165) is 24.0 Å². The summed E-state index contributed by atoms with van der Waals surface area (Å²) in [6.07, 6.45) is 1.79. The summed E-state index contributed by atoms with van der Waals surface area (Å²) < 4.78 is 5.45. The van der Waals surface area contributed by atoms with Crippen molar-refractivity contribution < 1.29 is 9.32 Å². The monoisotopic (exact) mass is 314 g/mol. The maximum absolute atomic E-state index is 12.3. The zero-order valence-corrected chi connectivity index (χ0v) is 13.7. The van der Waals surface area contributed by atoms with Crippen LogP contribution < -0.4 is 5.32 Å². The maximum Gasteiger partial charge on any atom is 0.318 e. The van der Waals surface area contributed by atoms with E-state index in [4.69, 9.17) is 4.52 Å². The highest BCUT2D eigenvalue weighted by molar-refractivity contribution is 5.75. The van der Waals surface area contributed by atoms with Crippen LogP contribution in [0.1, 0.15) is 44.2 Å². The largest absolute Gasteiger partial charge is 0.337 e. The molecule has 1 unspecified atom stereocenters. The molecule has 1 aliphatic heterocycles. The summed E-state index contributed by atoms with van der Waals surface area (Å²) in [5, 5.41) is 7.01. The number of carbonyl (C=O) groups excluding carboxylic acids is 1. The molecule has 1 fully saturated rings. The topological polar surface area (TPSA) is 71.3 Å². The minimum Gasteiger partial charge on any atom is -0.337 e. The second-order valence-corrected chi connectivity index (χ2v) is 6.28. The highest BCUT2D eigenvalue weighted by atomic mass is 16.5. The number of nitrogens with zero attached hydrogens (tertiary/aromatic N) is 3. The number of hydrogen-bond donors (Lipinski definition) is 1. The standard InChI is InChI=1S/C17H22N4O2/c1-11(2)18-17(22)21-9-5-8-14(21)16-19-15(20-23-16)13-7-4-6-12(3)10-13/h4,6-7,10-11,14H,5,8-9H2,1-3H3,(H,18,22). The van der Waals surface area contributed by atoms with Crippen molar-refractivity contribution in [2.45, 2.75) is 45.7 Å². The molecule has 1 aromatic carbocycles. The van der Waals surface area contributed by atoms with Crippen molar-refractivity contribution in [2.24, 2.45) is 0 Å². The summed E-state index contributed by atoms with van der Waals surface area (Å²) in [6, 6.07) is 7.87. The number of amides is 2. The van der Waals surface area contributed by atoms with Crippen LogP contribution in [0.15, 0.2) is 28.8 Å². The molecule has 2 amide bonds. The van der Waals surface area contributed by atoms with Crippen LogP contribution in [0.4, 0.5) is 4.79 Å². The van der Waals surface area contributed by atoms with Gasteiger partial charge in [0.25, 0.3) is 0 Å². The third kappa shape index (κ3) is 3.36. The number of carbonyl (C=O) groups is 1. The summed E-state index contributed by atoms with van der Waals surface area (Å²) in [4.78, 5) is 18.6. The summed E-state index contributed by atoms with van der Waals surface area (Å²) in [5.41, 5.74) is 2.07. The number of benzene rings is 1. The molecule has 1 atom stereocenters. The van der Waals surface area contributed by atoms with E-state index in [1.807, 2.05) is 45.0 Å². The number of rotatable bonds is 3. The van der Waals surface area contributed by atoms with Crippen LogP contribution in [-0.4, -0.2) is 33.7 Å². The molecular formula is C17H22N4O2. The molecule has 0 radical (unpaired) electrons. The summed E-state index contributed by atoms with van der Waals surface area (Å²) in [7, 11) is 0. The first-order chi connectivity index (χ1) is 11.0. The predicted molar refractivity (Wildman–Crippen MR) is 86.8 cm³/mol. The number of nitrogens with one attached hydrogen (secondary N) is 1. The quantitative estimate of drug-likeness (QED) is 0.943. The average Bonchev–Trinajstić information content (AvgIpc) is 3.15. The van der Waals surface area contributed by atoms with Gasteiger partial charge in [-0.3, -0.25) is 0 Å². The van der Waals surface area contributed by atoms with Crippen LogP contribution in [-0.2, 0) is 0 Å². The van der Waals surface area contributed by atoms with E-state index in [-0.39, 0.29) is 18.1 Å². The Hall–Kier alpha value is -2.37. The molecule has 23 heavy (non-hydrogen) atoms. The minimum atomic E-state index is -0.139. The van der Waals surface area contributed by atoms with E-state index in [2.05, 4.69) is 15.5 Å². The Morgan fingerprint density at radius 3 is 3.00 bits per heavy atom. The molecule has 0 spiro atoms. The first kappa shape index (κ1) is 15.5. The molecule has 0 saturated carbocycles. The lowest BCUT2D eigenvalue weighted by atomic mass is 10.1. The van der Waals surface area contributed by atoms with E-state index >= 15 is 0 Å². The highest BCUT2D eigenvalue weighted by Crippen LogP contribution is 2.32. The SMILES string of the molecule is Cc1cccc(-c2noc(C3CCCN3C(=O)NC(C)C)n2)c1. The van der Waals surface area contributed by atoms with Gasteiger partial charge in [0, 0.05) is 18.2 Å². The Morgan fingerprint density at radius 2 is 2.26 bits per heavy atom. The van der Waals surface area contributed by atoms with E-state index in [1.54, 1.807) is 4.90 Å². The highest BCUT2D eigenvalue weighted by Gasteiger charge is 2.34. The fraction of sp³-hybridized carbons (Fsp3) is 0.471. The number of hydrogen-bond acceptors (Lipinski definition) is 4. The van der Waals surface area contributed by atoms with Gasteiger partial charge in [-0.05, 0) is 39.7 Å². The van der Waals surface area contributed by atoms with Crippen LogP contribution in [0, 0.1) is 6.92 Å². The van der Waals surface area contributed by atoms with Gasteiger partial charge in [0.15, 0.2) is 0 Å². The number of aryl methyl sites for hydroxylation is 1. The van der Waals surface area contributed by atoms with Gasteiger partial charge in [0.2, 0.25) is 11.7 Å². The smallest absolute Gasteiger partial charge is 0.318 e. The second-order valence-electron chi connectivity index (χ2n) is 6.28. The van der Waals surface area contributed by atoms with Gasteiger partial charge in [-0.2, -0.15) is 4.98 Å². The average molecular weight is 314 g/mol. The maximum atomic E-state index is 12.3. The van der Waals surface area contributed by atoms with Crippen LogP contribution in [0.3, 0.4) is 0 Å². The van der Waals surface area contributed by atoms with Crippen LogP contribution in [0.2, 0.25) is 0 Å². The van der Waals surface area contributed by atoms with Crippen molar-refractivity contribution in [3.8, 4) is 11.4 Å². The minimum absolute atomic E-state index is 0.0715. The molecule has 1 N–H and O–H groups in total. The Labute approximate surface area is 135 Å². The Morgan fingerprint density at radius 1 is 1.43 bits per heavy atom. The van der Waals surface area contributed by atoms with Gasteiger partial charge >= 0.3 is 6.03 Å². The van der Waals surface area contributed by atoms with Gasteiger partial charge in [0.1, 0.15) is 6.04 Å². The van der Waals surface area contributed by atoms with Crippen LogP contribution in [0.5, 0.6) is 0 Å². The normalized spacial score (nSPS) is 17.7. The van der Waals surface area contributed by atoms with Crippen molar-refractivity contribution >= 4 is 6.03 Å². The molecule has 0 bridgehead atoms. The molecule has 2 aromatic rings. The third-order valence-corrected chi connectivity index (χ3v) is 3.93. The molecule has 3 rings (SSSR count). The molecule has 1 aliphatic rings. The summed E-state index contributed by atoms with van der Waals surface area (Å²) in [6.45, 7) is 6.64. The molecule has 0 aliphatic carbocycles. The summed E-state index contributed by atoms with van der Waals surface area (Å²) >= 11 is 0. The van der Waals surface area contributed by atoms with Gasteiger partial charge in [-0.1, -0.05) is 28.9 Å². The van der Waals surface area contributed by atoms with Gasteiger partial charge < -0.3 is 14.7 Å².